The van der Waals surface area contributed by atoms with E-state index in [9.17, 15) is 5.11 Å². The van der Waals surface area contributed by atoms with Gasteiger partial charge in [0.25, 0.3) is 0 Å². The van der Waals surface area contributed by atoms with Crippen molar-refractivity contribution < 1.29 is 5.11 Å². The van der Waals surface area contributed by atoms with E-state index in [4.69, 9.17) is 0 Å². The summed E-state index contributed by atoms with van der Waals surface area (Å²) in [5, 5.41) is 10.3. The summed E-state index contributed by atoms with van der Waals surface area (Å²) < 4.78 is 0. The molecule has 1 fully saturated rings. The third-order valence-electron chi connectivity index (χ3n) is 4.01. The molecule has 17 heavy (non-hydrogen) atoms. The first-order valence-corrected chi connectivity index (χ1v) is 6.99. The maximum Gasteiger partial charge on any atom is 0.122 e. The number of phenolic OH excluding ortho intramolecular Hbond substituents is 1. The second-order valence-electron chi connectivity index (χ2n) is 5.72. The average Bonchev–Trinajstić information content (AvgIpc) is 2.33. The number of para-hydroxylation sites is 1. The van der Waals surface area contributed by atoms with Crippen LogP contribution in [-0.2, 0) is 6.42 Å². The standard InChI is InChI=1S/C16H24O/c1-12(2)15-10-6-9-14(16(15)17)11-13-7-4-3-5-8-13/h6,9-10,12-13,17H,3-5,7-8,11H2,1-2H3. The van der Waals surface area contributed by atoms with E-state index < -0.39 is 0 Å². The Kier molecular flexibility index (Phi) is 4.09. The molecule has 0 atom stereocenters. The van der Waals surface area contributed by atoms with Crippen molar-refractivity contribution in [1.29, 1.82) is 0 Å². The van der Waals surface area contributed by atoms with E-state index in [1.54, 1.807) is 0 Å². The molecule has 1 heteroatoms. The van der Waals surface area contributed by atoms with Gasteiger partial charge in [-0.25, -0.2) is 0 Å². The van der Waals surface area contributed by atoms with E-state index in [2.05, 4.69) is 26.0 Å². The molecule has 0 unspecified atom stereocenters. The third kappa shape index (κ3) is 3.02. The van der Waals surface area contributed by atoms with Gasteiger partial charge in [0, 0.05) is 0 Å². The number of rotatable bonds is 3. The Morgan fingerprint density at radius 3 is 2.53 bits per heavy atom. The zero-order chi connectivity index (χ0) is 12.3. The van der Waals surface area contributed by atoms with Crippen molar-refractivity contribution in [2.75, 3.05) is 0 Å². The number of hydrogen-bond acceptors (Lipinski definition) is 1. The van der Waals surface area contributed by atoms with Crippen LogP contribution in [0.5, 0.6) is 5.75 Å². The molecule has 94 valence electrons. The summed E-state index contributed by atoms with van der Waals surface area (Å²) in [6.45, 7) is 4.28. The molecule has 0 amide bonds. The molecule has 0 saturated heterocycles. The minimum absolute atomic E-state index is 0.404. The number of phenols is 1. The SMILES string of the molecule is CC(C)c1cccc(CC2CCCCC2)c1O. The zero-order valence-electron chi connectivity index (χ0n) is 11.1. The minimum atomic E-state index is 0.404. The fourth-order valence-corrected chi connectivity index (χ4v) is 2.94. The van der Waals surface area contributed by atoms with Crippen molar-refractivity contribution in [3.8, 4) is 5.75 Å². The molecule has 1 aromatic carbocycles. The first-order valence-electron chi connectivity index (χ1n) is 6.99. The molecule has 1 aliphatic rings. The molecule has 1 saturated carbocycles. The van der Waals surface area contributed by atoms with Crippen molar-refractivity contribution >= 4 is 0 Å². The predicted molar refractivity (Wildman–Crippen MR) is 72.5 cm³/mol. The van der Waals surface area contributed by atoms with Gasteiger partial charge in [0.05, 0.1) is 0 Å². The van der Waals surface area contributed by atoms with Crippen LogP contribution in [0.1, 0.15) is 63.0 Å². The van der Waals surface area contributed by atoms with E-state index >= 15 is 0 Å². The fourth-order valence-electron chi connectivity index (χ4n) is 2.94. The summed E-state index contributed by atoms with van der Waals surface area (Å²) in [4.78, 5) is 0. The smallest absolute Gasteiger partial charge is 0.122 e. The lowest BCUT2D eigenvalue weighted by atomic mass is 9.84. The van der Waals surface area contributed by atoms with Crippen LogP contribution in [0, 0.1) is 5.92 Å². The lowest BCUT2D eigenvalue weighted by molar-refractivity contribution is 0.351. The van der Waals surface area contributed by atoms with E-state index in [1.807, 2.05) is 6.07 Å². The molecule has 1 aromatic rings. The predicted octanol–water partition coefficient (Wildman–Crippen LogP) is 4.64. The van der Waals surface area contributed by atoms with Crippen LogP contribution in [-0.4, -0.2) is 5.11 Å². The van der Waals surface area contributed by atoms with Crippen LogP contribution in [0.4, 0.5) is 0 Å². The summed E-state index contributed by atoms with van der Waals surface area (Å²) in [6.07, 6.45) is 7.88. The van der Waals surface area contributed by atoms with Crippen molar-refractivity contribution in [3.05, 3.63) is 29.3 Å². The number of aromatic hydroxyl groups is 1. The van der Waals surface area contributed by atoms with Gasteiger partial charge in [0.2, 0.25) is 0 Å². The van der Waals surface area contributed by atoms with Crippen molar-refractivity contribution in [3.63, 3.8) is 0 Å². The number of benzene rings is 1. The summed E-state index contributed by atoms with van der Waals surface area (Å²) in [7, 11) is 0. The lowest BCUT2D eigenvalue weighted by Crippen LogP contribution is -2.09. The maximum absolute atomic E-state index is 10.3. The first kappa shape index (κ1) is 12.5. The highest BCUT2D eigenvalue weighted by atomic mass is 16.3. The Morgan fingerprint density at radius 2 is 1.88 bits per heavy atom. The lowest BCUT2D eigenvalue weighted by Gasteiger charge is -2.22. The van der Waals surface area contributed by atoms with Crippen LogP contribution in [0.15, 0.2) is 18.2 Å². The Morgan fingerprint density at radius 1 is 1.18 bits per heavy atom. The molecular formula is C16H24O. The van der Waals surface area contributed by atoms with E-state index in [1.165, 1.54) is 32.1 Å². The van der Waals surface area contributed by atoms with Crippen molar-refractivity contribution in [2.45, 2.75) is 58.3 Å². The van der Waals surface area contributed by atoms with Crippen LogP contribution in [0.2, 0.25) is 0 Å². The van der Waals surface area contributed by atoms with Gasteiger partial charge in [-0.3, -0.25) is 0 Å². The maximum atomic E-state index is 10.3. The quantitative estimate of drug-likeness (QED) is 0.805. The van der Waals surface area contributed by atoms with Crippen LogP contribution < -0.4 is 0 Å². The second kappa shape index (κ2) is 5.57. The Balaban J connectivity index is 2.12. The first-order chi connectivity index (χ1) is 8.18. The van der Waals surface area contributed by atoms with Gasteiger partial charge in [-0.05, 0) is 29.4 Å². The van der Waals surface area contributed by atoms with Gasteiger partial charge < -0.3 is 5.11 Å². The monoisotopic (exact) mass is 232 g/mol. The molecule has 0 aliphatic heterocycles. The van der Waals surface area contributed by atoms with Gasteiger partial charge in [-0.15, -0.1) is 0 Å². The highest BCUT2D eigenvalue weighted by molar-refractivity contribution is 5.42. The second-order valence-corrected chi connectivity index (χ2v) is 5.72. The molecule has 1 aliphatic carbocycles. The van der Waals surface area contributed by atoms with E-state index in [0.717, 1.165) is 23.5 Å². The summed E-state index contributed by atoms with van der Waals surface area (Å²) in [5.41, 5.74) is 2.25. The molecule has 0 radical (unpaired) electrons. The van der Waals surface area contributed by atoms with Gasteiger partial charge in [0.1, 0.15) is 5.75 Å². The van der Waals surface area contributed by atoms with Gasteiger partial charge >= 0.3 is 0 Å². The van der Waals surface area contributed by atoms with Gasteiger partial charge in [-0.2, -0.15) is 0 Å². The van der Waals surface area contributed by atoms with Gasteiger partial charge in [-0.1, -0.05) is 64.2 Å². The molecule has 1 nitrogen and oxygen atoms in total. The molecule has 0 heterocycles. The van der Waals surface area contributed by atoms with E-state index in [-0.39, 0.29) is 0 Å². The molecule has 2 rings (SSSR count). The Labute approximate surface area is 105 Å². The Bertz CT molecular complexity index is 362. The highest BCUT2D eigenvalue weighted by Gasteiger charge is 2.17. The third-order valence-corrected chi connectivity index (χ3v) is 4.01. The molecule has 0 bridgehead atoms. The highest BCUT2D eigenvalue weighted by Crippen LogP contribution is 2.33. The van der Waals surface area contributed by atoms with Crippen LogP contribution >= 0.6 is 0 Å². The van der Waals surface area contributed by atoms with Crippen LogP contribution in [0.25, 0.3) is 0 Å². The van der Waals surface area contributed by atoms with Crippen LogP contribution in [0.3, 0.4) is 0 Å². The Hall–Kier alpha value is -0.980. The molecule has 1 N–H and O–H groups in total. The van der Waals surface area contributed by atoms with Crippen molar-refractivity contribution in [2.24, 2.45) is 5.92 Å². The summed E-state index contributed by atoms with van der Waals surface area (Å²) >= 11 is 0. The molecule has 0 spiro atoms. The van der Waals surface area contributed by atoms with E-state index in [0.29, 0.717) is 11.7 Å². The fraction of sp³-hybridized carbons (Fsp3) is 0.625. The average molecular weight is 232 g/mol. The summed E-state index contributed by atoms with van der Waals surface area (Å²) in [5.74, 6) is 1.74. The molecule has 0 aromatic heterocycles. The normalized spacial score (nSPS) is 17.6. The van der Waals surface area contributed by atoms with Crippen molar-refractivity contribution in [1.82, 2.24) is 0 Å². The zero-order valence-corrected chi connectivity index (χ0v) is 11.1. The largest absolute Gasteiger partial charge is 0.507 e. The van der Waals surface area contributed by atoms with Gasteiger partial charge in [0.15, 0.2) is 0 Å². The molecular weight excluding hydrogens is 208 g/mol. The number of hydrogen-bond donors (Lipinski definition) is 1. The minimum Gasteiger partial charge on any atom is -0.507 e. The summed E-state index contributed by atoms with van der Waals surface area (Å²) in [6, 6.07) is 6.23. The topological polar surface area (TPSA) is 20.2 Å².